The van der Waals surface area contributed by atoms with Crippen LogP contribution in [-0.4, -0.2) is 46.0 Å². The summed E-state index contributed by atoms with van der Waals surface area (Å²) in [5.74, 6) is 1.000. The molecule has 0 saturated carbocycles. The normalized spacial score (nSPS) is 19.9. The van der Waals surface area contributed by atoms with E-state index in [2.05, 4.69) is 56.8 Å². The Hall–Kier alpha value is -2.57. The number of nitrogens with one attached hydrogen (secondary N) is 2. The van der Waals surface area contributed by atoms with Gasteiger partial charge in [0.25, 0.3) is 0 Å². The number of carbonyl (C=O) groups excluding carboxylic acids is 1. The minimum Gasteiger partial charge on any atom is -0.366 e. The van der Waals surface area contributed by atoms with E-state index in [1.807, 2.05) is 4.68 Å². The second kappa shape index (κ2) is 6.74. The molecule has 2 aliphatic heterocycles. The summed E-state index contributed by atoms with van der Waals surface area (Å²) < 4.78 is 1.87. The van der Waals surface area contributed by atoms with Crippen LogP contribution in [0.15, 0.2) is 30.6 Å². The van der Waals surface area contributed by atoms with Crippen molar-refractivity contribution >= 4 is 11.7 Å². The molecule has 4 rings (SSSR count). The summed E-state index contributed by atoms with van der Waals surface area (Å²) in [4.78, 5) is 18.8. The Balaban J connectivity index is 1.27. The van der Waals surface area contributed by atoms with Crippen LogP contribution in [0.25, 0.3) is 0 Å². The number of amides is 2. The summed E-state index contributed by atoms with van der Waals surface area (Å²) in [5, 5.41) is 10.3. The highest BCUT2D eigenvalue weighted by Crippen LogP contribution is 2.28. The van der Waals surface area contributed by atoms with Crippen LogP contribution in [0.1, 0.15) is 24.7 Å². The molecular formula is C18H24N6O. The van der Waals surface area contributed by atoms with Crippen LogP contribution >= 0.6 is 0 Å². The average Bonchev–Trinajstić information content (AvgIpc) is 3.26. The molecule has 2 atom stereocenters. The highest BCUT2D eigenvalue weighted by molar-refractivity contribution is 5.74. The molecule has 7 nitrogen and oxygen atoms in total. The van der Waals surface area contributed by atoms with Crippen LogP contribution in [0.5, 0.6) is 0 Å². The van der Waals surface area contributed by atoms with E-state index in [0.29, 0.717) is 13.1 Å². The zero-order valence-corrected chi connectivity index (χ0v) is 14.5. The number of aromatic nitrogens is 3. The minimum atomic E-state index is -0.104. The maximum absolute atomic E-state index is 12.2. The number of fused-ring (bicyclic) bond motifs is 2. The van der Waals surface area contributed by atoms with Gasteiger partial charge in [0.1, 0.15) is 12.2 Å². The van der Waals surface area contributed by atoms with E-state index in [9.17, 15) is 4.79 Å². The molecule has 3 heterocycles. The van der Waals surface area contributed by atoms with E-state index in [0.717, 1.165) is 31.6 Å². The quantitative estimate of drug-likeness (QED) is 0.881. The molecule has 132 valence electrons. The van der Waals surface area contributed by atoms with Gasteiger partial charge in [-0.3, -0.25) is 0 Å². The molecule has 1 aromatic carbocycles. The average molecular weight is 340 g/mol. The van der Waals surface area contributed by atoms with Crippen molar-refractivity contribution in [2.24, 2.45) is 0 Å². The molecule has 2 aliphatic rings. The highest BCUT2D eigenvalue weighted by atomic mass is 16.2. The van der Waals surface area contributed by atoms with Crippen molar-refractivity contribution in [2.75, 3.05) is 18.0 Å². The zero-order valence-electron chi connectivity index (χ0n) is 14.5. The van der Waals surface area contributed by atoms with Crippen molar-refractivity contribution in [3.63, 3.8) is 0 Å². The van der Waals surface area contributed by atoms with Gasteiger partial charge in [-0.25, -0.2) is 14.5 Å². The lowest BCUT2D eigenvalue weighted by Crippen LogP contribution is -2.49. The molecule has 7 heteroatoms. The molecule has 2 N–H and O–H groups in total. The predicted molar refractivity (Wildman–Crippen MR) is 95.6 cm³/mol. The van der Waals surface area contributed by atoms with Gasteiger partial charge in [0, 0.05) is 31.2 Å². The number of para-hydroxylation sites is 1. The smallest absolute Gasteiger partial charge is 0.315 e. The van der Waals surface area contributed by atoms with E-state index in [-0.39, 0.29) is 18.1 Å². The number of rotatable bonds is 4. The summed E-state index contributed by atoms with van der Waals surface area (Å²) in [7, 11) is 0. The summed E-state index contributed by atoms with van der Waals surface area (Å²) in [5.41, 5.74) is 2.69. The fourth-order valence-corrected chi connectivity index (χ4v) is 3.76. The van der Waals surface area contributed by atoms with Gasteiger partial charge >= 0.3 is 6.03 Å². The summed E-state index contributed by atoms with van der Waals surface area (Å²) >= 11 is 0. The lowest BCUT2D eigenvalue weighted by molar-refractivity contribution is 0.231. The SMILES string of the molecule is C[C@@H](CNC(=O)N[C@H]1CCc2ncnn2C1)N1CCc2ccccc21. The Morgan fingerprint density at radius 3 is 3.16 bits per heavy atom. The Morgan fingerprint density at radius 2 is 2.24 bits per heavy atom. The van der Waals surface area contributed by atoms with Gasteiger partial charge in [-0.05, 0) is 31.4 Å². The Kier molecular flexibility index (Phi) is 4.29. The second-order valence-electron chi connectivity index (χ2n) is 6.87. The third kappa shape index (κ3) is 3.31. The van der Waals surface area contributed by atoms with E-state index in [1.165, 1.54) is 11.3 Å². The number of carbonyl (C=O) groups is 1. The molecule has 0 unspecified atom stereocenters. The lowest BCUT2D eigenvalue weighted by atomic mass is 10.1. The molecule has 2 amide bonds. The van der Waals surface area contributed by atoms with Crippen LogP contribution in [0, 0.1) is 0 Å². The molecule has 1 aromatic heterocycles. The molecule has 0 bridgehead atoms. The number of benzene rings is 1. The molecule has 25 heavy (non-hydrogen) atoms. The maximum atomic E-state index is 12.2. The second-order valence-corrected chi connectivity index (χ2v) is 6.87. The molecule has 2 aromatic rings. The zero-order chi connectivity index (χ0) is 17.2. The molecule has 0 radical (unpaired) electrons. The topological polar surface area (TPSA) is 75.1 Å². The molecule has 0 fully saturated rings. The monoisotopic (exact) mass is 340 g/mol. The van der Waals surface area contributed by atoms with Gasteiger partial charge in [0.15, 0.2) is 0 Å². The van der Waals surface area contributed by atoms with Crippen molar-refractivity contribution in [2.45, 2.75) is 44.8 Å². The van der Waals surface area contributed by atoms with Crippen LogP contribution in [0.2, 0.25) is 0 Å². The minimum absolute atomic E-state index is 0.104. The third-order valence-corrected chi connectivity index (χ3v) is 5.15. The van der Waals surface area contributed by atoms with Gasteiger partial charge in [0.05, 0.1) is 12.6 Å². The Labute approximate surface area is 147 Å². The van der Waals surface area contributed by atoms with E-state index in [4.69, 9.17) is 0 Å². The molecule has 0 saturated heterocycles. The number of urea groups is 1. The van der Waals surface area contributed by atoms with E-state index in [1.54, 1.807) is 6.33 Å². The number of aryl methyl sites for hydroxylation is 1. The van der Waals surface area contributed by atoms with Crippen LogP contribution in [0.4, 0.5) is 10.5 Å². The van der Waals surface area contributed by atoms with Gasteiger partial charge in [-0.1, -0.05) is 18.2 Å². The summed E-state index contributed by atoms with van der Waals surface area (Å²) in [6.45, 7) is 4.49. The third-order valence-electron chi connectivity index (χ3n) is 5.15. The first-order valence-corrected chi connectivity index (χ1v) is 8.96. The first-order chi connectivity index (χ1) is 12.2. The number of hydrogen-bond acceptors (Lipinski definition) is 4. The Bertz CT molecular complexity index is 758. The predicted octanol–water partition coefficient (Wildman–Crippen LogP) is 1.34. The van der Waals surface area contributed by atoms with Crippen LogP contribution in [-0.2, 0) is 19.4 Å². The van der Waals surface area contributed by atoms with Crippen molar-refractivity contribution < 1.29 is 4.79 Å². The van der Waals surface area contributed by atoms with E-state index < -0.39 is 0 Å². The van der Waals surface area contributed by atoms with Gasteiger partial charge in [-0.15, -0.1) is 0 Å². The first-order valence-electron chi connectivity index (χ1n) is 8.96. The van der Waals surface area contributed by atoms with Crippen LogP contribution in [0.3, 0.4) is 0 Å². The molecule has 0 aliphatic carbocycles. The molecule has 0 spiro atoms. The number of anilines is 1. The Morgan fingerprint density at radius 1 is 1.36 bits per heavy atom. The van der Waals surface area contributed by atoms with Crippen molar-refractivity contribution in [1.82, 2.24) is 25.4 Å². The van der Waals surface area contributed by atoms with Crippen LogP contribution < -0.4 is 15.5 Å². The fraction of sp³-hybridized carbons (Fsp3) is 0.500. The number of nitrogens with zero attached hydrogens (tertiary/aromatic N) is 4. The largest absolute Gasteiger partial charge is 0.366 e. The summed E-state index contributed by atoms with van der Waals surface area (Å²) in [6.07, 6.45) is 4.41. The maximum Gasteiger partial charge on any atom is 0.315 e. The lowest BCUT2D eigenvalue weighted by Gasteiger charge is -2.28. The van der Waals surface area contributed by atoms with Gasteiger partial charge in [0.2, 0.25) is 0 Å². The fourth-order valence-electron chi connectivity index (χ4n) is 3.76. The van der Waals surface area contributed by atoms with E-state index >= 15 is 0 Å². The van der Waals surface area contributed by atoms with Gasteiger partial charge < -0.3 is 15.5 Å². The highest BCUT2D eigenvalue weighted by Gasteiger charge is 2.24. The molecular weight excluding hydrogens is 316 g/mol. The van der Waals surface area contributed by atoms with Gasteiger partial charge in [-0.2, -0.15) is 5.10 Å². The standard InChI is InChI=1S/C18H24N6O/c1-13(23-9-8-14-4-2-3-5-16(14)23)10-19-18(25)22-15-6-7-17-20-12-21-24(17)11-15/h2-5,12-13,15H,6-11H2,1H3,(H2,19,22,25)/t13-,15-/m0/s1. The summed E-state index contributed by atoms with van der Waals surface area (Å²) in [6, 6.07) is 8.78. The van der Waals surface area contributed by atoms with Crippen molar-refractivity contribution in [3.8, 4) is 0 Å². The van der Waals surface area contributed by atoms with Crippen molar-refractivity contribution in [3.05, 3.63) is 42.0 Å². The van der Waals surface area contributed by atoms with Crippen molar-refractivity contribution in [1.29, 1.82) is 0 Å². The number of hydrogen-bond donors (Lipinski definition) is 2. The first kappa shape index (κ1) is 15.9.